The number of carbonyl (C=O) groups excluding carboxylic acids is 1. The van der Waals surface area contributed by atoms with Gasteiger partial charge in [0.05, 0.1) is 11.3 Å². The molecule has 0 aliphatic heterocycles. The molecule has 0 bridgehead atoms. The molecule has 1 aromatic carbocycles. The summed E-state index contributed by atoms with van der Waals surface area (Å²) in [5, 5.41) is 10.1. The number of hydrogen-bond donors (Lipinski definition) is 2. The topological polar surface area (TPSA) is 96.4 Å². The molecular formula is C20H26N2O4S2. The monoisotopic (exact) mass is 422 g/mol. The van der Waals surface area contributed by atoms with Crippen LogP contribution in [0.5, 0.6) is 0 Å². The first-order valence-corrected chi connectivity index (χ1v) is 11.7. The van der Waals surface area contributed by atoms with Crippen LogP contribution in [0, 0.1) is 0 Å². The molecular weight excluding hydrogens is 396 g/mol. The van der Waals surface area contributed by atoms with E-state index in [1.54, 1.807) is 0 Å². The van der Waals surface area contributed by atoms with Gasteiger partial charge in [-0.05, 0) is 41.4 Å². The number of benzene rings is 1. The first-order chi connectivity index (χ1) is 13.0. The normalized spacial score (nSPS) is 15.8. The number of aromatic nitrogens is 1. The van der Waals surface area contributed by atoms with Gasteiger partial charge in [0.15, 0.2) is 0 Å². The van der Waals surface area contributed by atoms with Gasteiger partial charge in [0.2, 0.25) is 10.2 Å². The maximum Gasteiger partial charge on any atom is 0.291 e. The zero-order valence-electron chi connectivity index (χ0n) is 16.5. The van der Waals surface area contributed by atoms with Crippen molar-refractivity contribution in [2.24, 2.45) is 0 Å². The predicted molar refractivity (Wildman–Crippen MR) is 109 cm³/mol. The number of rotatable bonds is 7. The summed E-state index contributed by atoms with van der Waals surface area (Å²) in [6, 6.07) is 5.94. The fraction of sp³-hybridized carbons (Fsp3) is 0.500. The van der Waals surface area contributed by atoms with E-state index < -0.39 is 21.5 Å². The molecule has 1 aliphatic rings. The van der Waals surface area contributed by atoms with Gasteiger partial charge in [0.25, 0.3) is 10.0 Å². The average Bonchev–Trinajstić information content (AvgIpc) is 3.14. The molecule has 3 rings (SSSR count). The van der Waals surface area contributed by atoms with E-state index in [0.717, 1.165) is 28.0 Å². The number of thiazole rings is 1. The molecule has 152 valence electrons. The Morgan fingerprint density at radius 3 is 2.29 bits per heavy atom. The Bertz CT molecular complexity index is 963. The van der Waals surface area contributed by atoms with E-state index in [2.05, 4.69) is 37.4 Å². The lowest BCUT2D eigenvalue weighted by atomic mass is 9.87. The van der Waals surface area contributed by atoms with Crippen LogP contribution in [0.1, 0.15) is 73.9 Å². The predicted octanol–water partition coefficient (Wildman–Crippen LogP) is 3.42. The van der Waals surface area contributed by atoms with Gasteiger partial charge in [-0.2, -0.15) is 8.42 Å². The van der Waals surface area contributed by atoms with Crippen molar-refractivity contribution in [1.29, 1.82) is 0 Å². The van der Waals surface area contributed by atoms with E-state index >= 15 is 0 Å². The Morgan fingerprint density at radius 1 is 1.21 bits per heavy atom. The van der Waals surface area contributed by atoms with Gasteiger partial charge >= 0.3 is 0 Å². The summed E-state index contributed by atoms with van der Waals surface area (Å²) in [6.45, 7) is 8.21. The molecule has 28 heavy (non-hydrogen) atoms. The van der Waals surface area contributed by atoms with E-state index in [4.69, 9.17) is 0 Å². The third-order valence-electron chi connectivity index (χ3n) is 4.97. The summed E-state index contributed by atoms with van der Waals surface area (Å²) in [5.74, 6) is -0.144. The summed E-state index contributed by atoms with van der Waals surface area (Å²) in [4.78, 5) is 17.0. The zero-order valence-corrected chi connectivity index (χ0v) is 18.2. The van der Waals surface area contributed by atoms with Crippen molar-refractivity contribution in [3.8, 4) is 0 Å². The highest BCUT2D eigenvalue weighted by molar-refractivity contribution is 7.92. The maximum absolute atomic E-state index is 12.6. The molecule has 2 aromatic rings. The van der Waals surface area contributed by atoms with Crippen LogP contribution in [0.4, 0.5) is 0 Å². The minimum Gasteiger partial charge on any atom is -0.384 e. The highest BCUT2D eigenvalue weighted by Crippen LogP contribution is 2.47. The standard InChI is InChI=1S/C20H26N2O4S2/c1-12(2)14-6-5-7-15(13(3)4)16(14)10-18(23)22-28(25,26)19-21-11-17(27-19)20(24)8-9-20/h5-7,11-13,24H,8-10H2,1-4H3,(H,22,23). The van der Waals surface area contributed by atoms with Crippen molar-refractivity contribution < 1.29 is 18.3 Å². The van der Waals surface area contributed by atoms with Crippen LogP contribution in [-0.2, 0) is 26.8 Å². The lowest BCUT2D eigenvalue weighted by Crippen LogP contribution is -2.32. The minimum absolute atomic E-state index is 0.0106. The number of carbonyl (C=O) groups is 1. The molecule has 0 spiro atoms. The first kappa shape index (κ1) is 21.0. The molecule has 0 radical (unpaired) electrons. The third-order valence-corrected chi connectivity index (χ3v) is 7.93. The van der Waals surface area contributed by atoms with Crippen LogP contribution >= 0.6 is 11.3 Å². The number of nitrogens with zero attached hydrogens (tertiary/aromatic N) is 1. The Labute approximate surface area is 170 Å². The molecule has 1 fully saturated rings. The number of amides is 1. The summed E-state index contributed by atoms with van der Waals surface area (Å²) >= 11 is 0.910. The fourth-order valence-electron chi connectivity index (χ4n) is 3.26. The van der Waals surface area contributed by atoms with Crippen molar-refractivity contribution in [3.05, 3.63) is 46.0 Å². The largest absolute Gasteiger partial charge is 0.384 e. The molecule has 8 heteroatoms. The second-order valence-corrected chi connectivity index (χ2v) is 10.8. The van der Waals surface area contributed by atoms with Gasteiger partial charge in [-0.1, -0.05) is 45.9 Å². The Kier molecular flexibility index (Phi) is 5.67. The van der Waals surface area contributed by atoms with Gasteiger partial charge in [-0.15, -0.1) is 11.3 Å². The number of sulfonamides is 1. The van der Waals surface area contributed by atoms with E-state index in [1.165, 1.54) is 6.20 Å². The van der Waals surface area contributed by atoms with Gasteiger partial charge in [0.1, 0.15) is 5.60 Å². The molecule has 1 heterocycles. The molecule has 0 unspecified atom stereocenters. The highest BCUT2D eigenvalue weighted by atomic mass is 32.2. The Morgan fingerprint density at radius 2 is 1.79 bits per heavy atom. The second-order valence-electron chi connectivity index (χ2n) is 7.95. The maximum atomic E-state index is 12.6. The average molecular weight is 423 g/mol. The van der Waals surface area contributed by atoms with Crippen LogP contribution < -0.4 is 4.72 Å². The SMILES string of the molecule is CC(C)c1cccc(C(C)C)c1CC(=O)NS(=O)(=O)c1ncc(C2(O)CC2)s1. The van der Waals surface area contributed by atoms with E-state index in [-0.39, 0.29) is 22.6 Å². The van der Waals surface area contributed by atoms with Crippen LogP contribution in [0.3, 0.4) is 0 Å². The summed E-state index contributed by atoms with van der Waals surface area (Å²) < 4.78 is 27.1. The second kappa shape index (κ2) is 7.57. The number of nitrogens with one attached hydrogen (secondary N) is 1. The highest BCUT2D eigenvalue weighted by Gasteiger charge is 2.44. The quantitative estimate of drug-likeness (QED) is 0.713. The molecule has 1 aromatic heterocycles. The van der Waals surface area contributed by atoms with E-state index in [0.29, 0.717) is 17.7 Å². The lowest BCUT2D eigenvalue weighted by molar-refractivity contribution is -0.118. The Hall–Kier alpha value is -1.77. The number of hydrogen-bond acceptors (Lipinski definition) is 6. The summed E-state index contributed by atoms with van der Waals surface area (Å²) in [5.41, 5.74) is 2.03. The summed E-state index contributed by atoms with van der Waals surface area (Å²) in [7, 11) is -4.06. The smallest absolute Gasteiger partial charge is 0.291 e. The molecule has 1 aliphatic carbocycles. The molecule has 0 atom stereocenters. The lowest BCUT2D eigenvalue weighted by Gasteiger charge is -2.19. The molecule has 6 nitrogen and oxygen atoms in total. The fourth-order valence-corrected chi connectivity index (χ4v) is 5.54. The van der Waals surface area contributed by atoms with Crippen molar-refractivity contribution in [2.75, 3.05) is 0 Å². The van der Waals surface area contributed by atoms with Crippen LogP contribution in [0.2, 0.25) is 0 Å². The van der Waals surface area contributed by atoms with Crippen molar-refractivity contribution >= 4 is 27.3 Å². The molecule has 1 saturated carbocycles. The third kappa shape index (κ3) is 4.29. The van der Waals surface area contributed by atoms with Gasteiger partial charge in [-0.25, -0.2) is 9.71 Å². The number of aliphatic hydroxyl groups is 1. The van der Waals surface area contributed by atoms with Crippen molar-refractivity contribution in [3.63, 3.8) is 0 Å². The van der Waals surface area contributed by atoms with Crippen molar-refractivity contribution in [1.82, 2.24) is 9.71 Å². The van der Waals surface area contributed by atoms with Gasteiger partial charge in [-0.3, -0.25) is 4.79 Å². The van der Waals surface area contributed by atoms with E-state index in [9.17, 15) is 18.3 Å². The van der Waals surface area contributed by atoms with Crippen LogP contribution in [-0.4, -0.2) is 24.4 Å². The molecule has 0 saturated heterocycles. The Balaban J connectivity index is 1.81. The van der Waals surface area contributed by atoms with Crippen LogP contribution in [0.25, 0.3) is 0 Å². The molecule has 2 N–H and O–H groups in total. The van der Waals surface area contributed by atoms with Crippen LogP contribution in [0.15, 0.2) is 28.7 Å². The zero-order chi connectivity index (χ0) is 20.7. The van der Waals surface area contributed by atoms with E-state index in [1.807, 2.05) is 18.2 Å². The summed E-state index contributed by atoms with van der Waals surface area (Å²) in [6.07, 6.45) is 2.57. The molecule has 1 amide bonds. The van der Waals surface area contributed by atoms with Gasteiger partial charge in [0, 0.05) is 6.20 Å². The first-order valence-electron chi connectivity index (χ1n) is 9.39. The minimum atomic E-state index is -4.06. The van der Waals surface area contributed by atoms with Crippen molar-refractivity contribution in [2.45, 2.75) is 68.7 Å². The van der Waals surface area contributed by atoms with Gasteiger partial charge < -0.3 is 5.11 Å².